The fourth-order valence-corrected chi connectivity index (χ4v) is 0.986. The van der Waals surface area contributed by atoms with E-state index in [0.717, 1.165) is 13.0 Å². The molecule has 0 atom stereocenters. The normalized spacial score (nSPS) is 9.75. The molecule has 0 aliphatic rings. The fourth-order valence-electron chi connectivity index (χ4n) is 0.986. The zero-order valence-electron chi connectivity index (χ0n) is 7.29. The Morgan fingerprint density at radius 3 is 2.67 bits per heavy atom. The molecule has 4 nitrogen and oxygen atoms in total. The summed E-state index contributed by atoms with van der Waals surface area (Å²) < 4.78 is 0. The summed E-state index contributed by atoms with van der Waals surface area (Å²) in [7, 11) is 0. The first kappa shape index (κ1) is 10.9. The Morgan fingerprint density at radius 1 is 1.58 bits per heavy atom. The second kappa shape index (κ2) is 6.62. The summed E-state index contributed by atoms with van der Waals surface area (Å²) in [6.07, 6.45) is 1.31. The lowest BCUT2D eigenvalue weighted by atomic mass is 10.3. The molecule has 0 rings (SSSR count). The Hall–Kier alpha value is -1.08. The molecule has 0 saturated carbocycles. The van der Waals surface area contributed by atoms with E-state index in [0.29, 0.717) is 13.0 Å². The number of carboxylic acid groups (broad SMARTS) is 1. The molecule has 0 bridgehead atoms. The van der Waals surface area contributed by atoms with Crippen molar-refractivity contribution in [2.45, 2.75) is 19.8 Å². The van der Waals surface area contributed by atoms with E-state index < -0.39 is 5.97 Å². The second-order valence-corrected chi connectivity index (χ2v) is 2.58. The minimum Gasteiger partial charge on any atom is -0.480 e. The lowest BCUT2D eigenvalue weighted by molar-refractivity contribution is -0.138. The zero-order chi connectivity index (χ0) is 9.40. The van der Waals surface area contributed by atoms with Crippen LogP contribution in [0.5, 0.6) is 0 Å². The van der Waals surface area contributed by atoms with Gasteiger partial charge in [-0.2, -0.15) is 5.26 Å². The highest BCUT2D eigenvalue weighted by atomic mass is 16.4. The van der Waals surface area contributed by atoms with Crippen molar-refractivity contribution in [1.29, 1.82) is 5.26 Å². The summed E-state index contributed by atoms with van der Waals surface area (Å²) in [5, 5.41) is 16.8. The van der Waals surface area contributed by atoms with Gasteiger partial charge < -0.3 is 5.11 Å². The lowest BCUT2D eigenvalue weighted by Gasteiger charge is -2.16. The molecule has 0 spiro atoms. The number of hydrogen-bond acceptors (Lipinski definition) is 3. The predicted molar refractivity (Wildman–Crippen MR) is 44.6 cm³/mol. The van der Waals surface area contributed by atoms with Crippen molar-refractivity contribution in [2.24, 2.45) is 0 Å². The van der Waals surface area contributed by atoms with Crippen LogP contribution in [0.3, 0.4) is 0 Å². The molecule has 0 unspecified atom stereocenters. The van der Waals surface area contributed by atoms with E-state index in [-0.39, 0.29) is 6.54 Å². The third-order valence-electron chi connectivity index (χ3n) is 1.44. The van der Waals surface area contributed by atoms with Gasteiger partial charge in [0.25, 0.3) is 0 Å². The number of carbonyl (C=O) groups is 1. The van der Waals surface area contributed by atoms with E-state index in [1.807, 2.05) is 13.0 Å². The first-order chi connectivity index (χ1) is 5.70. The maximum atomic E-state index is 10.3. The summed E-state index contributed by atoms with van der Waals surface area (Å²) in [4.78, 5) is 12.1. The third kappa shape index (κ3) is 5.69. The van der Waals surface area contributed by atoms with E-state index in [1.54, 1.807) is 4.90 Å². The molecule has 0 fully saturated rings. The number of hydrogen-bond donors (Lipinski definition) is 1. The highest BCUT2D eigenvalue weighted by Gasteiger charge is 2.06. The molecule has 0 aromatic rings. The van der Waals surface area contributed by atoms with Crippen molar-refractivity contribution in [1.82, 2.24) is 4.90 Å². The van der Waals surface area contributed by atoms with Gasteiger partial charge in [0.15, 0.2) is 0 Å². The van der Waals surface area contributed by atoms with Crippen LogP contribution in [0, 0.1) is 11.3 Å². The Kier molecular flexibility index (Phi) is 6.02. The molecule has 0 radical (unpaired) electrons. The van der Waals surface area contributed by atoms with E-state index in [2.05, 4.69) is 0 Å². The molecular weight excluding hydrogens is 156 g/mol. The molecular formula is C8H14N2O2. The van der Waals surface area contributed by atoms with Gasteiger partial charge in [-0.05, 0) is 13.0 Å². The van der Waals surface area contributed by atoms with Crippen molar-refractivity contribution < 1.29 is 9.90 Å². The molecule has 0 heterocycles. The van der Waals surface area contributed by atoms with E-state index >= 15 is 0 Å². The van der Waals surface area contributed by atoms with Crippen LogP contribution < -0.4 is 0 Å². The summed E-state index contributed by atoms with van der Waals surface area (Å²) in [6, 6.07) is 2.00. The van der Waals surface area contributed by atoms with Crippen LogP contribution in [0.4, 0.5) is 0 Å². The van der Waals surface area contributed by atoms with Crippen LogP contribution in [-0.4, -0.2) is 35.6 Å². The van der Waals surface area contributed by atoms with Gasteiger partial charge in [0.2, 0.25) is 0 Å². The van der Waals surface area contributed by atoms with Crippen LogP contribution in [-0.2, 0) is 4.79 Å². The molecule has 0 aliphatic carbocycles. The largest absolute Gasteiger partial charge is 0.480 e. The number of aliphatic carboxylic acids is 1. The summed E-state index contributed by atoms with van der Waals surface area (Å²) in [5.41, 5.74) is 0. The summed E-state index contributed by atoms with van der Waals surface area (Å²) in [5.74, 6) is -0.832. The molecule has 1 N–H and O–H groups in total. The standard InChI is InChI=1S/C8H14N2O2/c1-2-5-10(6-3-4-9)7-8(11)12/h2-3,5-7H2,1H3,(H,11,12). The number of carboxylic acids is 1. The van der Waals surface area contributed by atoms with Gasteiger partial charge in [-0.25, -0.2) is 0 Å². The topological polar surface area (TPSA) is 64.3 Å². The number of nitriles is 1. The van der Waals surface area contributed by atoms with Crippen molar-refractivity contribution in [3.8, 4) is 6.07 Å². The van der Waals surface area contributed by atoms with Crippen molar-refractivity contribution >= 4 is 5.97 Å². The van der Waals surface area contributed by atoms with Gasteiger partial charge in [-0.1, -0.05) is 6.92 Å². The van der Waals surface area contributed by atoms with Crippen molar-refractivity contribution in [3.63, 3.8) is 0 Å². The van der Waals surface area contributed by atoms with Crippen LogP contribution in [0.1, 0.15) is 19.8 Å². The first-order valence-corrected chi connectivity index (χ1v) is 4.01. The van der Waals surface area contributed by atoms with Crippen LogP contribution in [0.25, 0.3) is 0 Å². The first-order valence-electron chi connectivity index (χ1n) is 4.01. The van der Waals surface area contributed by atoms with Gasteiger partial charge in [-0.3, -0.25) is 9.69 Å². The van der Waals surface area contributed by atoms with E-state index in [9.17, 15) is 4.79 Å². The average Bonchev–Trinajstić information content (AvgIpc) is 2.00. The maximum Gasteiger partial charge on any atom is 0.317 e. The Balaban J connectivity index is 3.70. The SMILES string of the molecule is CCCN(CCC#N)CC(=O)O. The van der Waals surface area contributed by atoms with Gasteiger partial charge in [-0.15, -0.1) is 0 Å². The number of rotatable bonds is 6. The smallest absolute Gasteiger partial charge is 0.317 e. The maximum absolute atomic E-state index is 10.3. The second-order valence-electron chi connectivity index (χ2n) is 2.58. The molecule has 0 aliphatic heterocycles. The molecule has 0 aromatic carbocycles. The van der Waals surface area contributed by atoms with Crippen LogP contribution >= 0.6 is 0 Å². The monoisotopic (exact) mass is 170 g/mol. The lowest BCUT2D eigenvalue weighted by Crippen LogP contribution is -2.31. The molecule has 0 amide bonds. The van der Waals surface area contributed by atoms with Gasteiger partial charge in [0, 0.05) is 13.0 Å². The van der Waals surface area contributed by atoms with Gasteiger partial charge in [0.1, 0.15) is 0 Å². The van der Waals surface area contributed by atoms with Crippen LogP contribution in [0.15, 0.2) is 0 Å². The molecule has 68 valence electrons. The molecule has 4 heteroatoms. The fraction of sp³-hybridized carbons (Fsp3) is 0.750. The highest BCUT2D eigenvalue weighted by Crippen LogP contribution is 1.92. The summed E-state index contributed by atoms with van der Waals surface area (Å²) in [6.45, 7) is 3.32. The van der Waals surface area contributed by atoms with Crippen molar-refractivity contribution in [3.05, 3.63) is 0 Å². The van der Waals surface area contributed by atoms with Gasteiger partial charge in [0.05, 0.1) is 12.6 Å². The average molecular weight is 170 g/mol. The third-order valence-corrected chi connectivity index (χ3v) is 1.44. The van der Waals surface area contributed by atoms with Crippen molar-refractivity contribution in [2.75, 3.05) is 19.6 Å². The van der Waals surface area contributed by atoms with Gasteiger partial charge >= 0.3 is 5.97 Å². The molecule has 0 aromatic heterocycles. The minimum atomic E-state index is -0.832. The Morgan fingerprint density at radius 2 is 2.25 bits per heavy atom. The number of nitrogens with zero attached hydrogens (tertiary/aromatic N) is 2. The van der Waals surface area contributed by atoms with E-state index in [1.165, 1.54) is 0 Å². The Labute approximate surface area is 72.4 Å². The highest BCUT2D eigenvalue weighted by molar-refractivity contribution is 5.69. The molecule has 12 heavy (non-hydrogen) atoms. The summed E-state index contributed by atoms with van der Waals surface area (Å²) >= 11 is 0. The molecule has 0 saturated heterocycles. The minimum absolute atomic E-state index is 0.0372. The Bertz CT molecular complexity index is 174. The predicted octanol–water partition coefficient (Wildman–Crippen LogP) is 0.697. The zero-order valence-corrected chi connectivity index (χ0v) is 7.29. The van der Waals surface area contributed by atoms with Crippen LogP contribution in [0.2, 0.25) is 0 Å². The van der Waals surface area contributed by atoms with E-state index in [4.69, 9.17) is 10.4 Å². The quantitative estimate of drug-likeness (QED) is 0.637.